The molecule has 5 heteroatoms. The molecule has 0 spiro atoms. The van der Waals surface area contributed by atoms with Crippen LogP contribution in [0.2, 0.25) is 0 Å². The molecule has 2 aliphatic rings. The van der Waals surface area contributed by atoms with E-state index in [0.717, 1.165) is 42.1 Å². The minimum Gasteiger partial charge on any atom is -0.294 e. The molecule has 5 nitrogen and oxygen atoms in total. The molecule has 1 aromatic carbocycles. The van der Waals surface area contributed by atoms with Crippen LogP contribution in [-0.4, -0.2) is 26.0 Å². The SMILES string of the molecule is Cc1cccc(CN2CCc3nc4cc(C5CC5)[nH]n4c(=O)c3C2)c1. The molecule has 0 amide bonds. The first kappa shape index (κ1) is 14.9. The lowest BCUT2D eigenvalue weighted by Gasteiger charge is -2.27. The summed E-state index contributed by atoms with van der Waals surface area (Å²) < 4.78 is 1.64. The van der Waals surface area contributed by atoms with Crippen LogP contribution < -0.4 is 5.56 Å². The van der Waals surface area contributed by atoms with Crippen LogP contribution >= 0.6 is 0 Å². The molecule has 1 N–H and O–H groups in total. The minimum absolute atomic E-state index is 0.0702. The van der Waals surface area contributed by atoms with E-state index in [4.69, 9.17) is 4.98 Å². The Labute approximate surface area is 146 Å². The summed E-state index contributed by atoms with van der Waals surface area (Å²) in [4.78, 5) is 20.1. The van der Waals surface area contributed by atoms with Gasteiger partial charge in [0.25, 0.3) is 5.56 Å². The second kappa shape index (κ2) is 5.56. The van der Waals surface area contributed by atoms with Gasteiger partial charge in [0.1, 0.15) is 0 Å². The van der Waals surface area contributed by atoms with Gasteiger partial charge in [0.2, 0.25) is 0 Å². The summed E-state index contributed by atoms with van der Waals surface area (Å²) in [5, 5.41) is 3.27. The van der Waals surface area contributed by atoms with Crippen LogP contribution in [0.1, 0.15) is 46.8 Å². The monoisotopic (exact) mass is 334 g/mol. The summed E-state index contributed by atoms with van der Waals surface area (Å²) in [6.45, 7) is 4.62. The Kier molecular flexibility index (Phi) is 3.31. The molecule has 0 unspecified atom stereocenters. The highest BCUT2D eigenvalue weighted by molar-refractivity contribution is 5.44. The topological polar surface area (TPSA) is 53.4 Å². The van der Waals surface area contributed by atoms with Gasteiger partial charge < -0.3 is 0 Å². The van der Waals surface area contributed by atoms with Gasteiger partial charge in [0.15, 0.2) is 5.65 Å². The Morgan fingerprint density at radius 2 is 2.16 bits per heavy atom. The zero-order chi connectivity index (χ0) is 17.0. The van der Waals surface area contributed by atoms with Crippen molar-refractivity contribution in [3.63, 3.8) is 0 Å². The quantitative estimate of drug-likeness (QED) is 0.801. The first-order valence-electron chi connectivity index (χ1n) is 9.09. The second-order valence-electron chi connectivity index (χ2n) is 7.47. The van der Waals surface area contributed by atoms with Gasteiger partial charge in [-0.05, 0) is 25.3 Å². The highest BCUT2D eigenvalue weighted by Gasteiger charge is 2.27. The molecule has 0 saturated heterocycles. The molecule has 0 atom stereocenters. The van der Waals surface area contributed by atoms with Crippen LogP contribution in [-0.2, 0) is 19.5 Å². The van der Waals surface area contributed by atoms with E-state index < -0.39 is 0 Å². The summed E-state index contributed by atoms with van der Waals surface area (Å²) in [7, 11) is 0. The summed E-state index contributed by atoms with van der Waals surface area (Å²) >= 11 is 0. The van der Waals surface area contributed by atoms with Crippen LogP contribution in [0.3, 0.4) is 0 Å². The van der Waals surface area contributed by atoms with E-state index in [1.54, 1.807) is 4.52 Å². The number of hydrogen-bond donors (Lipinski definition) is 1. The fraction of sp³-hybridized carbons (Fsp3) is 0.400. The fourth-order valence-electron chi connectivity index (χ4n) is 3.86. The van der Waals surface area contributed by atoms with E-state index in [9.17, 15) is 4.79 Å². The van der Waals surface area contributed by atoms with Crippen molar-refractivity contribution in [2.24, 2.45) is 0 Å². The van der Waals surface area contributed by atoms with Crippen molar-refractivity contribution in [1.82, 2.24) is 19.5 Å². The maximum Gasteiger partial charge on any atom is 0.277 e. The Morgan fingerprint density at radius 1 is 1.28 bits per heavy atom. The number of nitrogens with zero attached hydrogens (tertiary/aromatic N) is 3. The molecular formula is C20H22N4O. The lowest BCUT2D eigenvalue weighted by molar-refractivity contribution is 0.241. The van der Waals surface area contributed by atoms with Crippen LogP contribution in [0.25, 0.3) is 5.65 Å². The highest BCUT2D eigenvalue weighted by Crippen LogP contribution is 2.39. The average molecular weight is 334 g/mol. The summed E-state index contributed by atoms with van der Waals surface area (Å²) in [6.07, 6.45) is 3.27. The number of rotatable bonds is 3. The van der Waals surface area contributed by atoms with Crippen molar-refractivity contribution in [3.05, 3.63) is 68.8 Å². The number of aromatic amines is 1. The number of nitrogens with one attached hydrogen (secondary N) is 1. The van der Waals surface area contributed by atoms with Crippen LogP contribution in [0.15, 0.2) is 35.1 Å². The Balaban J connectivity index is 1.47. The number of aryl methyl sites for hydroxylation is 1. The van der Waals surface area contributed by atoms with E-state index in [2.05, 4.69) is 47.3 Å². The van der Waals surface area contributed by atoms with Gasteiger partial charge in [0, 0.05) is 43.7 Å². The number of H-pyrrole nitrogens is 1. The minimum atomic E-state index is 0.0702. The van der Waals surface area contributed by atoms with Crippen molar-refractivity contribution in [3.8, 4) is 0 Å². The third-order valence-corrected chi connectivity index (χ3v) is 5.37. The molecule has 25 heavy (non-hydrogen) atoms. The Bertz CT molecular complexity index is 1010. The van der Waals surface area contributed by atoms with Crippen molar-refractivity contribution >= 4 is 5.65 Å². The fourth-order valence-corrected chi connectivity index (χ4v) is 3.86. The number of aromatic nitrogens is 3. The van der Waals surface area contributed by atoms with Crippen molar-refractivity contribution < 1.29 is 0 Å². The molecule has 1 saturated carbocycles. The van der Waals surface area contributed by atoms with E-state index in [1.807, 2.05) is 0 Å². The number of hydrogen-bond acceptors (Lipinski definition) is 3. The molecule has 128 valence electrons. The molecular weight excluding hydrogens is 312 g/mol. The average Bonchev–Trinajstić information content (AvgIpc) is 3.36. The predicted molar refractivity (Wildman–Crippen MR) is 96.8 cm³/mol. The largest absolute Gasteiger partial charge is 0.294 e. The van der Waals surface area contributed by atoms with Crippen LogP contribution in [0, 0.1) is 6.92 Å². The molecule has 1 fully saturated rings. The second-order valence-corrected chi connectivity index (χ2v) is 7.47. The smallest absolute Gasteiger partial charge is 0.277 e. The third-order valence-electron chi connectivity index (χ3n) is 5.37. The van der Waals surface area contributed by atoms with Gasteiger partial charge in [-0.25, -0.2) is 9.50 Å². The number of benzene rings is 1. The molecule has 2 aromatic heterocycles. The molecule has 3 aromatic rings. The zero-order valence-electron chi connectivity index (χ0n) is 14.5. The Morgan fingerprint density at radius 3 is 2.96 bits per heavy atom. The lowest BCUT2D eigenvalue weighted by atomic mass is 10.1. The molecule has 3 heterocycles. The van der Waals surface area contributed by atoms with Crippen molar-refractivity contribution in [2.75, 3.05) is 6.54 Å². The molecule has 0 radical (unpaired) electrons. The first-order valence-corrected chi connectivity index (χ1v) is 9.09. The van der Waals surface area contributed by atoms with Crippen LogP contribution in [0.5, 0.6) is 0 Å². The maximum absolute atomic E-state index is 12.9. The van der Waals surface area contributed by atoms with Gasteiger partial charge in [-0.2, -0.15) is 0 Å². The number of fused-ring (bicyclic) bond motifs is 2. The van der Waals surface area contributed by atoms with Gasteiger partial charge in [-0.15, -0.1) is 0 Å². The lowest BCUT2D eigenvalue weighted by Crippen LogP contribution is -2.36. The molecule has 1 aliphatic carbocycles. The Hall–Kier alpha value is -2.40. The molecule has 0 bridgehead atoms. The normalized spacial score (nSPS) is 17.8. The summed E-state index contributed by atoms with van der Waals surface area (Å²) in [5.41, 5.74) is 6.40. The molecule has 5 rings (SSSR count). The van der Waals surface area contributed by atoms with E-state index in [0.29, 0.717) is 12.5 Å². The van der Waals surface area contributed by atoms with Gasteiger partial charge >= 0.3 is 0 Å². The van der Waals surface area contributed by atoms with Gasteiger partial charge in [0.05, 0.1) is 11.3 Å². The van der Waals surface area contributed by atoms with Crippen LogP contribution in [0.4, 0.5) is 0 Å². The predicted octanol–water partition coefficient (Wildman–Crippen LogP) is 2.77. The molecule has 1 aliphatic heterocycles. The van der Waals surface area contributed by atoms with Gasteiger partial charge in [-0.1, -0.05) is 29.8 Å². The summed E-state index contributed by atoms with van der Waals surface area (Å²) in [5.74, 6) is 0.593. The van der Waals surface area contributed by atoms with Gasteiger partial charge in [-0.3, -0.25) is 14.8 Å². The third kappa shape index (κ3) is 2.68. The van der Waals surface area contributed by atoms with Crippen molar-refractivity contribution in [2.45, 2.75) is 45.2 Å². The zero-order valence-corrected chi connectivity index (χ0v) is 14.5. The summed E-state index contributed by atoms with van der Waals surface area (Å²) in [6, 6.07) is 10.6. The van der Waals surface area contributed by atoms with Crippen molar-refractivity contribution in [1.29, 1.82) is 0 Å². The maximum atomic E-state index is 12.9. The van der Waals surface area contributed by atoms with E-state index in [-0.39, 0.29) is 5.56 Å². The van der Waals surface area contributed by atoms with E-state index in [1.165, 1.54) is 24.0 Å². The standard InChI is InChI=1S/C20H22N4O/c1-13-3-2-4-14(9-13)11-23-8-7-17-16(12-23)20(25)24-19(21-17)10-18(22-24)15-5-6-15/h2-4,9-10,15,22H,5-8,11-12H2,1H3. The highest BCUT2D eigenvalue weighted by atomic mass is 16.1. The first-order chi connectivity index (χ1) is 12.2. The van der Waals surface area contributed by atoms with E-state index >= 15 is 0 Å².